The van der Waals surface area contributed by atoms with Crippen molar-refractivity contribution < 1.29 is 24.6 Å². The molecule has 1 unspecified atom stereocenters. The number of carbonyl (C=O) groups is 3. The van der Waals surface area contributed by atoms with E-state index >= 15 is 0 Å². The van der Waals surface area contributed by atoms with Crippen molar-refractivity contribution in [2.24, 2.45) is 0 Å². The zero-order valence-corrected chi connectivity index (χ0v) is 9.18. The van der Waals surface area contributed by atoms with Gasteiger partial charge >= 0.3 is 11.9 Å². The fourth-order valence-corrected chi connectivity index (χ4v) is 1.94. The maximum Gasteiger partial charge on any atom is 0.326 e. The maximum absolute atomic E-state index is 11.4. The Morgan fingerprint density at radius 3 is 2.50 bits per heavy atom. The smallest absolute Gasteiger partial charge is 0.326 e. The first kappa shape index (κ1) is 12.8. The Balaban J connectivity index is 2.66. The largest absolute Gasteiger partial charge is 0.481 e. The van der Waals surface area contributed by atoms with Crippen LogP contribution < -0.4 is 0 Å². The van der Waals surface area contributed by atoms with Crippen molar-refractivity contribution in [2.75, 3.05) is 6.54 Å². The third kappa shape index (κ3) is 3.10. The molecule has 0 radical (unpaired) electrons. The Kier molecular flexibility index (Phi) is 4.12. The molecule has 2 atom stereocenters. The van der Waals surface area contributed by atoms with E-state index in [2.05, 4.69) is 0 Å². The number of carboxylic acids is 2. The van der Waals surface area contributed by atoms with Crippen molar-refractivity contribution in [3.05, 3.63) is 0 Å². The van der Waals surface area contributed by atoms with E-state index in [4.69, 9.17) is 21.8 Å². The van der Waals surface area contributed by atoms with Crippen molar-refractivity contribution in [3.63, 3.8) is 0 Å². The fraction of sp³-hybridized carbons (Fsp3) is 0.667. The number of rotatable bonds is 5. The molecular formula is C9H12ClNO5. The Morgan fingerprint density at radius 1 is 1.50 bits per heavy atom. The van der Waals surface area contributed by atoms with Gasteiger partial charge < -0.3 is 15.1 Å². The van der Waals surface area contributed by atoms with Gasteiger partial charge in [0.2, 0.25) is 5.91 Å². The van der Waals surface area contributed by atoms with E-state index in [1.54, 1.807) is 0 Å². The van der Waals surface area contributed by atoms with Gasteiger partial charge in [0.15, 0.2) is 0 Å². The highest BCUT2D eigenvalue weighted by Gasteiger charge is 2.36. The normalized spacial score (nSPS) is 22.2. The van der Waals surface area contributed by atoms with Crippen LogP contribution in [0, 0.1) is 0 Å². The maximum atomic E-state index is 11.4. The minimum absolute atomic E-state index is 0.0972. The van der Waals surface area contributed by atoms with Crippen molar-refractivity contribution in [1.29, 1.82) is 0 Å². The molecule has 1 amide bonds. The predicted octanol–water partition coefficient (Wildman–Crippen LogP) is 0.144. The molecule has 1 rings (SSSR count). The van der Waals surface area contributed by atoms with Crippen LogP contribution >= 0.6 is 11.6 Å². The Bertz CT molecular complexity index is 319. The van der Waals surface area contributed by atoms with Crippen molar-refractivity contribution in [2.45, 2.75) is 30.7 Å². The minimum atomic E-state index is -1.19. The van der Waals surface area contributed by atoms with Crippen LogP contribution in [0.15, 0.2) is 0 Å². The van der Waals surface area contributed by atoms with E-state index in [1.807, 2.05) is 0 Å². The highest BCUT2D eigenvalue weighted by atomic mass is 35.5. The lowest BCUT2D eigenvalue weighted by molar-refractivity contribution is -0.149. The summed E-state index contributed by atoms with van der Waals surface area (Å²) in [6, 6.07) is -1.09. The quantitative estimate of drug-likeness (QED) is 0.676. The van der Waals surface area contributed by atoms with E-state index in [9.17, 15) is 14.4 Å². The van der Waals surface area contributed by atoms with Gasteiger partial charge in [-0.2, -0.15) is 0 Å². The van der Waals surface area contributed by atoms with E-state index in [1.165, 1.54) is 0 Å². The summed E-state index contributed by atoms with van der Waals surface area (Å²) < 4.78 is 0. The van der Waals surface area contributed by atoms with Gasteiger partial charge in [0, 0.05) is 19.4 Å². The summed E-state index contributed by atoms with van der Waals surface area (Å²) >= 11 is 5.74. The SMILES string of the molecule is O=C(O)CC[C@@H](C(=O)O)N1CC(Cl)CC1=O. The number of aliphatic carboxylic acids is 2. The Labute approximate surface area is 96.8 Å². The zero-order valence-electron chi connectivity index (χ0n) is 8.43. The molecule has 16 heavy (non-hydrogen) atoms. The molecule has 0 spiro atoms. The monoisotopic (exact) mass is 249 g/mol. The van der Waals surface area contributed by atoms with Gasteiger partial charge in [-0.3, -0.25) is 9.59 Å². The molecule has 0 aromatic carbocycles. The predicted molar refractivity (Wildman–Crippen MR) is 54.3 cm³/mol. The first-order valence-corrected chi connectivity index (χ1v) is 5.23. The zero-order chi connectivity index (χ0) is 12.3. The average Bonchev–Trinajstić information content (AvgIpc) is 2.45. The average molecular weight is 250 g/mol. The number of likely N-dealkylation sites (tertiary alicyclic amines) is 1. The second kappa shape index (κ2) is 5.16. The third-order valence-electron chi connectivity index (χ3n) is 2.40. The molecule has 90 valence electrons. The molecule has 2 N–H and O–H groups in total. The molecule has 0 bridgehead atoms. The molecule has 1 aliphatic heterocycles. The molecule has 0 aliphatic carbocycles. The Hall–Kier alpha value is -1.30. The van der Waals surface area contributed by atoms with Crippen LogP contribution in [0.5, 0.6) is 0 Å². The van der Waals surface area contributed by atoms with E-state index < -0.39 is 18.0 Å². The molecule has 1 saturated heterocycles. The topological polar surface area (TPSA) is 94.9 Å². The molecule has 1 aliphatic rings. The molecule has 0 aromatic rings. The number of halogens is 1. The second-order valence-electron chi connectivity index (χ2n) is 3.63. The summed E-state index contributed by atoms with van der Waals surface area (Å²) in [5, 5.41) is 17.0. The van der Waals surface area contributed by atoms with Gasteiger partial charge in [0.05, 0.1) is 5.38 Å². The molecule has 0 saturated carbocycles. The number of carbonyl (C=O) groups excluding carboxylic acids is 1. The molecule has 0 aromatic heterocycles. The minimum Gasteiger partial charge on any atom is -0.481 e. The third-order valence-corrected chi connectivity index (χ3v) is 2.70. The lowest BCUT2D eigenvalue weighted by Gasteiger charge is -2.23. The first-order valence-electron chi connectivity index (χ1n) is 4.80. The van der Waals surface area contributed by atoms with Crippen molar-refractivity contribution in [1.82, 2.24) is 4.90 Å². The highest BCUT2D eigenvalue weighted by Crippen LogP contribution is 2.21. The first-order chi connectivity index (χ1) is 7.41. The molecular weight excluding hydrogens is 238 g/mol. The summed E-state index contributed by atoms with van der Waals surface area (Å²) in [6.07, 6.45) is -0.272. The number of nitrogens with zero attached hydrogens (tertiary/aromatic N) is 1. The summed E-state index contributed by atoms with van der Waals surface area (Å²) in [5.41, 5.74) is 0. The van der Waals surface area contributed by atoms with Gasteiger partial charge in [-0.25, -0.2) is 4.79 Å². The van der Waals surface area contributed by atoms with Crippen LogP contribution in [0.25, 0.3) is 0 Å². The van der Waals surface area contributed by atoms with E-state index in [0.29, 0.717) is 0 Å². The molecule has 6 nitrogen and oxygen atoms in total. The second-order valence-corrected chi connectivity index (χ2v) is 4.25. The Morgan fingerprint density at radius 2 is 2.12 bits per heavy atom. The van der Waals surface area contributed by atoms with Gasteiger partial charge in [0.1, 0.15) is 6.04 Å². The van der Waals surface area contributed by atoms with E-state index in [-0.39, 0.29) is 37.1 Å². The number of alkyl halides is 1. The fourth-order valence-electron chi connectivity index (χ4n) is 1.66. The summed E-state index contributed by atoms with van der Waals surface area (Å²) in [7, 11) is 0. The number of hydrogen-bond acceptors (Lipinski definition) is 3. The van der Waals surface area contributed by atoms with Crippen LogP contribution in [0.1, 0.15) is 19.3 Å². The van der Waals surface area contributed by atoms with Gasteiger partial charge in [0.25, 0.3) is 0 Å². The lowest BCUT2D eigenvalue weighted by atomic mass is 10.1. The standard InChI is InChI=1S/C9H12ClNO5/c10-5-3-7(12)11(4-5)6(9(15)16)1-2-8(13)14/h5-6H,1-4H2,(H,13,14)(H,15,16)/t5?,6-/m0/s1. The molecule has 7 heteroatoms. The van der Waals surface area contributed by atoms with Crippen LogP contribution in [0.2, 0.25) is 0 Å². The van der Waals surface area contributed by atoms with Crippen LogP contribution in [-0.4, -0.2) is 50.9 Å². The van der Waals surface area contributed by atoms with E-state index in [0.717, 1.165) is 4.90 Å². The summed E-state index contributed by atoms with van der Waals surface area (Å²) in [4.78, 5) is 33.8. The summed E-state index contributed by atoms with van der Waals surface area (Å²) in [6.45, 7) is 0.164. The van der Waals surface area contributed by atoms with Crippen LogP contribution in [-0.2, 0) is 14.4 Å². The van der Waals surface area contributed by atoms with Crippen molar-refractivity contribution >= 4 is 29.4 Å². The molecule has 1 heterocycles. The summed E-state index contributed by atoms with van der Waals surface area (Å²) in [5.74, 6) is -2.61. The number of amides is 1. The van der Waals surface area contributed by atoms with Crippen LogP contribution in [0.4, 0.5) is 0 Å². The van der Waals surface area contributed by atoms with Crippen LogP contribution in [0.3, 0.4) is 0 Å². The highest BCUT2D eigenvalue weighted by molar-refractivity contribution is 6.22. The van der Waals surface area contributed by atoms with Gasteiger partial charge in [-0.05, 0) is 6.42 Å². The van der Waals surface area contributed by atoms with Gasteiger partial charge in [-0.15, -0.1) is 11.6 Å². The lowest BCUT2D eigenvalue weighted by Crippen LogP contribution is -2.42. The number of hydrogen-bond donors (Lipinski definition) is 2. The number of carboxylic acid groups (broad SMARTS) is 2. The van der Waals surface area contributed by atoms with Gasteiger partial charge in [-0.1, -0.05) is 0 Å². The van der Waals surface area contributed by atoms with Crippen molar-refractivity contribution in [3.8, 4) is 0 Å². The molecule has 1 fully saturated rings.